The predicted octanol–water partition coefficient (Wildman–Crippen LogP) is 4.28. The minimum atomic E-state index is -0.677. The molecule has 0 atom stereocenters. The van der Waals surface area contributed by atoms with Crippen LogP contribution in [0.15, 0.2) is 42.5 Å². The van der Waals surface area contributed by atoms with Gasteiger partial charge in [-0.2, -0.15) is 0 Å². The molecule has 2 aromatic rings. The lowest BCUT2D eigenvalue weighted by molar-refractivity contribution is 0.168. The Morgan fingerprint density at radius 1 is 1.05 bits per heavy atom. The minimum absolute atomic E-state index is 0.219. The van der Waals surface area contributed by atoms with Crippen LogP contribution in [-0.2, 0) is 4.74 Å². The number of carbonyl (C=O) groups excluding carboxylic acids is 1. The fourth-order valence-corrected chi connectivity index (χ4v) is 1.68. The SMILES string of the molecule is CCOC(=O)Nc1ccc(Nc2c(F)cccc2F)cc1. The standard InChI is InChI=1S/C15H14F2N2O2/c1-2-21-15(20)19-11-8-6-10(7-9-11)18-14-12(16)4-3-5-13(14)17/h3-9,18H,2H2,1H3,(H,19,20). The maximum atomic E-state index is 13.5. The first-order valence-corrected chi connectivity index (χ1v) is 6.35. The van der Waals surface area contributed by atoms with Crippen molar-refractivity contribution >= 4 is 23.2 Å². The van der Waals surface area contributed by atoms with E-state index in [1.165, 1.54) is 18.2 Å². The molecule has 0 aliphatic rings. The second-order valence-corrected chi connectivity index (χ2v) is 4.14. The van der Waals surface area contributed by atoms with Crippen LogP contribution >= 0.6 is 0 Å². The van der Waals surface area contributed by atoms with Gasteiger partial charge in [0.2, 0.25) is 0 Å². The quantitative estimate of drug-likeness (QED) is 0.884. The van der Waals surface area contributed by atoms with E-state index in [-0.39, 0.29) is 12.3 Å². The number of carbonyl (C=O) groups is 1. The van der Waals surface area contributed by atoms with Crippen molar-refractivity contribution in [1.29, 1.82) is 0 Å². The highest BCUT2D eigenvalue weighted by Gasteiger charge is 2.08. The van der Waals surface area contributed by atoms with Gasteiger partial charge in [-0.1, -0.05) is 6.07 Å². The van der Waals surface area contributed by atoms with E-state index in [0.717, 1.165) is 0 Å². The summed E-state index contributed by atoms with van der Waals surface area (Å²) in [4.78, 5) is 11.2. The van der Waals surface area contributed by atoms with Crippen LogP contribution in [0.25, 0.3) is 0 Å². The van der Waals surface area contributed by atoms with Crippen LogP contribution in [0.5, 0.6) is 0 Å². The van der Waals surface area contributed by atoms with E-state index in [2.05, 4.69) is 10.6 Å². The third-order valence-electron chi connectivity index (χ3n) is 2.64. The van der Waals surface area contributed by atoms with Crippen LogP contribution in [0.3, 0.4) is 0 Å². The average molecular weight is 292 g/mol. The molecule has 2 N–H and O–H groups in total. The minimum Gasteiger partial charge on any atom is -0.450 e. The Bertz CT molecular complexity index is 610. The topological polar surface area (TPSA) is 50.4 Å². The van der Waals surface area contributed by atoms with Gasteiger partial charge in [-0.05, 0) is 43.3 Å². The molecule has 2 rings (SSSR count). The number of rotatable bonds is 4. The van der Waals surface area contributed by atoms with E-state index in [1.54, 1.807) is 31.2 Å². The molecule has 0 aliphatic carbocycles. The van der Waals surface area contributed by atoms with Crippen LogP contribution in [0.2, 0.25) is 0 Å². The molecule has 0 unspecified atom stereocenters. The highest BCUT2D eigenvalue weighted by molar-refractivity contribution is 5.84. The molecule has 0 aromatic heterocycles. The number of benzene rings is 2. The molecule has 0 bridgehead atoms. The number of ether oxygens (including phenoxy) is 1. The highest BCUT2D eigenvalue weighted by Crippen LogP contribution is 2.24. The van der Waals surface area contributed by atoms with E-state index in [1.807, 2.05) is 0 Å². The van der Waals surface area contributed by atoms with Crippen LogP contribution in [-0.4, -0.2) is 12.7 Å². The maximum absolute atomic E-state index is 13.5. The van der Waals surface area contributed by atoms with E-state index in [4.69, 9.17) is 4.74 Å². The Balaban J connectivity index is 2.07. The van der Waals surface area contributed by atoms with Gasteiger partial charge in [-0.3, -0.25) is 5.32 Å². The van der Waals surface area contributed by atoms with Gasteiger partial charge < -0.3 is 10.1 Å². The molecule has 6 heteroatoms. The summed E-state index contributed by atoms with van der Waals surface area (Å²) in [6, 6.07) is 10.0. The van der Waals surface area contributed by atoms with E-state index in [0.29, 0.717) is 11.4 Å². The summed E-state index contributed by atoms with van der Waals surface area (Å²) in [6.07, 6.45) is -0.557. The van der Waals surface area contributed by atoms with Crippen molar-refractivity contribution in [2.24, 2.45) is 0 Å². The zero-order valence-corrected chi connectivity index (χ0v) is 11.3. The van der Waals surface area contributed by atoms with Crippen LogP contribution < -0.4 is 10.6 Å². The molecule has 0 aliphatic heterocycles. The number of halogens is 2. The fourth-order valence-electron chi connectivity index (χ4n) is 1.68. The Morgan fingerprint density at radius 3 is 2.19 bits per heavy atom. The summed E-state index contributed by atoms with van der Waals surface area (Å²) in [6.45, 7) is 1.98. The third-order valence-corrected chi connectivity index (χ3v) is 2.64. The van der Waals surface area contributed by atoms with Crippen molar-refractivity contribution in [3.63, 3.8) is 0 Å². The third kappa shape index (κ3) is 3.92. The molecule has 1 amide bonds. The molecule has 4 nitrogen and oxygen atoms in total. The second-order valence-electron chi connectivity index (χ2n) is 4.14. The van der Waals surface area contributed by atoms with Crippen LogP contribution in [0.4, 0.5) is 30.6 Å². The lowest BCUT2D eigenvalue weighted by Crippen LogP contribution is -2.13. The molecule has 0 saturated carbocycles. The molecular weight excluding hydrogens is 278 g/mol. The average Bonchev–Trinajstić information content (AvgIpc) is 2.45. The first-order valence-electron chi connectivity index (χ1n) is 6.35. The molecular formula is C15H14F2N2O2. The summed E-state index contributed by atoms with van der Waals surface area (Å²) in [5.74, 6) is -1.35. The number of anilines is 3. The second kappa shape index (κ2) is 6.69. The molecule has 0 spiro atoms. The number of para-hydroxylation sites is 1. The van der Waals surface area contributed by atoms with Crippen LogP contribution in [0, 0.1) is 11.6 Å². The monoisotopic (exact) mass is 292 g/mol. The predicted molar refractivity (Wildman–Crippen MR) is 76.7 cm³/mol. The van der Waals surface area contributed by atoms with E-state index >= 15 is 0 Å². The van der Waals surface area contributed by atoms with Gasteiger partial charge in [0, 0.05) is 11.4 Å². The number of hydrogen-bond donors (Lipinski definition) is 2. The Hall–Kier alpha value is -2.63. The van der Waals surface area contributed by atoms with Crippen molar-refractivity contribution in [2.45, 2.75) is 6.92 Å². The van der Waals surface area contributed by atoms with Gasteiger partial charge in [-0.15, -0.1) is 0 Å². The van der Waals surface area contributed by atoms with Gasteiger partial charge in [-0.25, -0.2) is 13.6 Å². The molecule has 0 radical (unpaired) electrons. The molecule has 0 fully saturated rings. The Kier molecular flexibility index (Phi) is 4.71. The lowest BCUT2D eigenvalue weighted by Gasteiger charge is -2.10. The maximum Gasteiger partial charge on any atom is 0.411 e. The van der Waals surface area contributed by atoms with Crippen molar-refractivity contribution in [2.75, 3.05) is 17.2 Å². The van der Waals surface area contributed by atoms with Gasteiger partial charge in [0.15, 0.2) is 0 Å². The Labute approximate surface area is 120 Å². The van der Waals surface area contributed by atoms with Gasteiger partial charge in [0.1, 0.15) is 17.3 Å². The highest BCUT2D eigenvalue weighted by atomic mass is 19.1. The zero-order chi connectivity index (χ0) is 15.2. The van der Waals surface area contributed by atoms with Crippen molar-refractivity contribution in [1.82, 2.24) is 0 Å². The summed E-state index contributed by atoms with van der Waals surface area (Å²) in [7, 11) is 0. The van der Waals surface area contributed by atoms with Crippen LogP contribution in [0.1, 0.15) is 6.92 Å². The Morgan fingerprint density at radius 2 is 1.62 bits per heavy atom. The van der Waals surface area contributed by atoms with Crippen molar-refractivity contribution in [3.05, 3.63) is 54.1 Å². The summed E-state index contributed by atoms with van der Waals surface area (Å²) in [5.41, 5.74) is 0.796. The van der Waals surface area contributed by atoms with E-state index < -0.39 is 17.7 Å². The summed E-state index contributed by atoms with van der Waals surface area (Å²) in [5, 5.41) is 5.17. The lowest BCUT2D eigenvalue weighted by atomic mass is 10.2. The summed E-state index contributed by atoms with van der Waals surface area (Å²) >= 11 is 0. The smallest absolute Gasteiger partial charge is 0.411 e. The molecule has 110 valence electrons. The number of amides is 1. The van der Waals surface area contributed by atoms with Gasteiger partial charge in [0.25, 0.3) is 0 Å². The molecule has 2 aromatic carbocycles. The van der Waals surface area contributed by atoms with Gasteiger partial charge >= 0.3 is 6.09 Å². The largest absolute Gasteiger partial charge is 0.450 e. The first-order chi connectivity index (χ1) is 10.1. The zero-order valence-electron chi connectivity index (χ0n) is 11.3. The van der Waals surface area contributed by atoms with Crippen molar-refractivity contribution < 1.29 is 18.3 Å². The molecule has 0 saturated heterocycles. The number of nitrogens with one attached hydrogen (secondary N) is 2. The van der Waals surface area contributed by atoms with Gasteiger partial charge in [0.05, 0.1) is 6.61 Å². The summed E-state index contributed by atoms with van der Waals surface area (Å²) < 4.78 is 31.7. The fraction of sp³-hybridized carbons (Fsp3) is 0.133. The number of hydrogen-bond acceptors (Lipinski definition) is 3. The molecule has 21 heavy (non-hydrogen) atoms. The normalized spacial score (nSPS) is 10.0. The first kappa shape index (κ1) is 14.8. The van der Waals surface area contributed by atoms with E-state index in [9.17, 15) is 13.6 Å². The van der Waals surface area contributed by atoms with Crippen molar-refractivity contribution in [3.8, 4) is 0 Å². The molecule has 0 heterocycles.